The number of phenolic OH excluding ortho intramolecular Hbond substituents is 2. The number of aliphatic imine (C=N–C) groups is 1. The zero-order valence-electron chi connectivity index (χ0n) is 14.4. The summed E-state index contributed by atoms with van der Waals surface area (Å²) in [5.74, 6) is -4.47. The van der Waals surface area contributed by atoms with E-state index in [9.17, 15) is 29.7 Å². The van der Waals surface area contributed by atoms with Crippen molar-refractivity contribution in [3.8, 4) is 11.5 Å². The number of aromatic hydroxyl groups is 2. The van der Waals surface area contributed by atoms with Crippen molar-refractivity contribution in [2.75, 3.05) is 0 Å². The molecule has 1 heterocycles. The summed E-state index contributed by atoms with van der Waals surface area (Å²) in [6, 6.07) is 1.59. The van der Waals surface area contributed by atoms with Crippen molar-refractivity contribution in [2.45, 2.75) is 24.9 Å². The van der Waals surface area contributed by atoms with Gasteiger partial charge in [0.25, 0.3) is 0 Å². The van der Waals surface area contributed by atoms with Crippen LogP contribution in [0.2, 0.25) is 0 Å². The van der Waals surface area contributed by atoms with Crippen molar-refractivity contribution in [2.24, 2.45) is 4.99 Å². The molecule has 28 heavy (non-hydrogen) atoms. The SMILES string of the molecule is O=C(O)C1=C/C(=C/C=N/[C@@H](Cc2ccc(O)c(O)c2)C(=O)O)C[C@@H](C(=O)O)N1. The third kappa shape index (κ3) is 5.34. The summed E-state index contributed by atoms with van der Waals surface area (Å²) < 4.78 is 0. The molecule has 0 spiro atoms. The minimum absolute atomic E-state index is 0.00169. The monoisotopic (exact) mass is 390 g/mol. The number of phenols is 2. The van der Waals surface area contributed by atoms with Crippen molar-refractivity contribution in [1.82, 2.24) is 5.32 Å². The van der Waals surface area contributed by atoms with Gasteiger partial charge in [-0.05, 0) is 35.4 Å². The first-order valence-electron chi connectivity index (χ1n) is 8.07. The summed E-state index contributed by atoms with van der Waals surface area (Å²) in [5.41, 5.74) is 0.514. The molecule has 1 aromatic carbocycles. The van der Waals surface area contributed by atoms with E-state index in [1.165, 1.54) is 36.6 Å². The predicted octanol–water partition coefficient (Wildman–Crippen LogP) is 0.506. The number of benzene rings is 1. The average molecular weight is 390 g/mol. The Hall–Kier alpha value is -3.82. The molecule has 6 N–H and O–H groups in total. The Morgan fingerprint density at radius 2 is 1.89 bits per heavy atom. The van der Waals surface area contributed by atoms with Crippen LogP contribution in [0.25, 0.3) is 0 Å². The summed E-state index contributed by atoms with van der Waals surface area (Å²) in [5, 5.41) is 48.6. The summed E-state index contributed by atoms with van der Waals surface area (Å²) >= 11 is 0. The molecule has 0 radical (unpaired) electrons. The normalized spacial score (nSPS) is 19.1. The highest BCUT2D eigenvalue weighted by Gasteiger charge is 2.26. The number of nitrogens with one attached hydrogen (secondary N) is 1. The molecular formula is C18H18N2O8. The molecule has 0 unspecified atom stereocenters. The van der Waals surface area contributed by atoms with Gasteiger partial charge in [-0.15, -0.1) is 0 Å². The van der Waals surface area contributed by atoms with Gasteiger partial charge in [-0.3, -0.25) is 4.99 Å². The van der Waals surface area contributed by atoms with E-state index in [2.05, 4.69) is 10.3 Å². The van der Waals surface area contributed by atoms with E-state index in [1.807, 2.05) is 0 Å². The minimum Gasteiger partial charge on any atom is -0.504 e. The maximum absolute atomic E-state index is 11.4. The fraction of sp³-hybridized carbons (Fsp3) is 0.222. The van der Waals surface area contributed by atoms with Crippen LogP contribution in [0.3, 0.4) is 0 Å². The lowest BCUT2D eigenvalue weighted by atomic mass is 10.00. The van der Waals surface area contributed by atoms with Crippen molar-refractivity contribution >= 4 is 24.1 Å². The van der Waals surface area contributed by atoms with Crippen LogP contribution in [0.5, 0.6) is 11.5 Å². The van der Waals surface area contributed by atoms with Gasteiger partial charge in [0, 0.05) is 19.1 Å². The molecule has 0 aliphatic carbocycles. The van der Waals surface area contributed by atoms with Crippen LogP contribution in [0.4, 0.5) is 0 Å². The summed E-state index contributed by atoms with van der Waals surface area (Å²) in [4.78, 5) is 37.5. The summed E-state index contributed by atoms with van der Waals surface area (Å²) in [6.45, 7) is 0. The molecule has 0 saturated carbocycles. The number of carboxylic acid groups (broad SMARTS) is 3. The van der Waals surface area contributed by atoms with Crippen molar-refractivity contribution in [3.63, 3.8) is 0 Å². The van der Waals surface area contributed by atoms with E-state index in [0.29, 0.717) is 11.1 Å². The molecule has 10 heteroatoms. The Morgan fingerprint density at radius 1 is 1.18 bits per heavy atom. The Kier molecular flexibility index (Phi) is 6.38. The summed E-state index contributed by atoms with van der Waals surface area (Å²) in [6.07, 6.45) is 3.72. The van der Waals surface area contributed by atoms with Gasteiger partial charge in [-0.1, -0.05) is 6.07 Å². The zero-order chi connectivity index (χ0) is 20.8. The van der Waals surface area contributed by atoms with Crippen LogP contribution < -0.4 is 5.32 Å². The maximum atomic E-state index is 11.4. The Labute approximate surface area is 158 Å². The first kappa shape index (κ1) is 20.5. The van der Waals surface area contributed by atoms with Crippen LogP contribution >= 0.6 is 0 Å². The number of hydrogen-bond acceptors (Lipinski definition) is 7. The Morgan fingerprint density at radius 3 is 2.46 bits per heavy atom. The number of nitrogens with zero attached hydrogens (tertiary/aromatic N) is 1. The molecule has 0 saturated heterocycles. The number of allylic oxidation sites excluding steroid dienone is 2. The standard InChI is InChI=1S/C18H18N2O8/c21-14-2-1-9(8-15(14)22)5-11(16(23)24)19-4-3-10-6-12(17(25)26)20-13(7-10)18(27)28/h1-4,6,8,11,13,20-22H,5,7H2,(H,23,24)(H,25,26)(H,27,28)/b10-3-,19-4+/t11-,13-/m0/s1. The van der Waals surface area contributed by atoms with Gasteiger partial charge in [0.2, 0.25) is 0 Å². The molecular weight excluding hydrogens is 372 g/mol. The van der Waals surface area contributed by atoms with Gasteiger partial charge in [0.1, 0.15) is 11.7 Å². The maximum Gasteiger partial charge on any atom is 0.351 e. The summed E-state index contributed by atoms with van der Waals surface area (Å²) in [7, 11) is 0. The van der Waals surface area contributed by atoms with Gasteiger partial charge in [-0.25, -0.2) is 14.4 Å². The van der Waals surface area contributed by atoms with E-state index in [1.54, 1.807) is 0 Å². The van der Waals surface area contributed by atoms with Crippen molar-refractivity contribution in [1.29, 1.82) is 0 Å². The van der Waals surface area contributed by atoms with E-state index in [0.717, 1.165) is 0 Å². The van der Waals surface area contributed by atoms with Gasteiger partial charge >= 0.3 is 17.9 Å². The molecule has 0 fully saturated rings. The fourth-order valence-electron chi connectivity index (χ4n) is 2.51. The van der Waals surface area contributed by atoms with Crippen LogP contribution in [0, 0.1) is 0 Å². The molecule has 2 atom stereocenters. The fourth-order valence-corrected chi connectivity index (χ4v) is 2.51. The highest BCUT2D eigenvalue weighted by atomic mass is 16.4. The Balaban J connectivity index is 2.18. The molecule has 10 nitrogen and oxygen atoms in total. The van der Waals surface area contributed by atoms with E-state index in [-0.39, 0.29) is 30.0 Å². The molecule has 2 rings (SSSR count). The first-order chi connectivity index (χ1) is 13.2. The lowest BCUT2D eigenvalue weighted by Crippen LogP contribution is -2.41. The van der Waals surface area contributed by atoms with Crippen LogP contribution in [0.15, 0.2) is 46.6 Å². The van der Waals surface area contributed by atoms with Gasteiger partial charge in [0.05, 0.1) is 0 Å². The number of carboxylic acids is 3. The van der Waals surface area contributed by atoms with Gasteiger partial charge < -0.3 is 30.8 Å². The quantitative estimate of drug-likeness (QED) is 0.286. The third-order valence-electron chi connectivity index (χ3n) is 3.94. The van der Waals surface area contributed by atoms with Gasteiger partial charge in [0.15, 0.2) is 17.5 Å². The lowest BCUT2D eigenvalue weighted by molar-refractivity contribution is -0.140. The molecule has 1 aromatic rings. The second-order valence-electron chi connectivity index (χ2n) is 6.02. The predicted molar refractivity (Wildman–Crippen MR) is 96.4 cm³/mol. The molecule has 148 valence electrons. The van der Waals surface area contributed by atoms with E-state index in [4.69, 9.17) is 10.2 Å². The van der Waals surface area contributed by atoms with Gasteiger partial charge in [-0.2, -0.15) is 0 Å². The van der Waals surface area contributed by atoms with Crippen LogP contribution in [-0.2, 0) is 20.8 Å². The Bertz CT molecular complexity index is 888. The number of aliphatic carboxylic acids is 3. The molecule has 1 aliphatic rings. The number of hydrogen-bond donors (Lipinski definition) is 6. The first-order valence-corrected chi connectivity index (χ1v) is 8.07. The smallest absolute Gasteiger partial charge is 0.351 e. The highest BCUT2D eigenvalue weighted by molar-refractivity contribution is 5.90. The minimum atomic E-state index is -1.32. The molecule has 0 aromatic heterocycles. The number of rotatable bonds is 7. The van der Waals surface area contributed by atoms with E-state index >= 15 is 0 Å². The highest BCUT2D eigenvalue weighted by Crippen LogP contribution is 2.25. The number of carbonyl (C=O) groups is 3. The molecule has 0 amide bonds. The van der Waals surface area contributed by atoms with Crippen molar-refractivity contribution in [3.05, 3.63) is 47.2 Å². The topological polar surface area (TPSA) is 177 Å². The van der Waals surface area contributed by atoms with Crippen LogP contribution in [0.1, 0.15) is 12.0 Å². The van der Waals surface area contributed by atoms with Crippen LogP contribution in [-0.4, -0.2) is 61.7 Å². The average Bonchev–Trinajstić information content (AvgIpc) is 2.63. The largest absolute Gasteiger partial charge is 0.504 e. The second kappa shape index (κ2) is 8.71. The van der Waals surface area contributed by atoms with E-state index < -0.39 is 30.0 Å². The molecule has 1 aliphatic heterocycles. The zero-order valence-corrected chi connectivity index (χ0v) is 14.4. The lowest BCUT2D eigenvalue weighted by Gasteiger charge is -2.21. The molecule has 0 bridgehead atoms. The van der Waals surface area contributed by atoms with Crippen molar-refractivity contribution < 1.29 is 39.9 Å². The third-order valence-corrected chi connectivity index (χ3v) is 3.94. The second-order valence-corrected chi connectivity index (χ2v) is 6.02.